The molecule has 4 nitrogen and oxygen atoms in total. The maximum Gasteiger partial charge on any atom is 0.225 e. The Morgan fingerprint density at radius 2 is 1.68 bits per heavy atom. The Morgan fingerprint density at radius 3 is 2.18 bits per heavy atom. The minimum atomic E-state index is 0.0646. The summed E-state index contributed by atoms with van der Waals surface area (Å²) in [6.07, 6.45) is 2.94. The Hall–Kier alpha value is -1.55. The van der Waals surface area contributed by atoms with E-state index in [-0.39, 0.29) is 12.0 Å². The number of ether oxygens (including phenoxy) is 1. The standard InChI is InChI=1S/C18H30N2O2/c1-5-12-20(13-6-2)14-11-18(21)19-16-7-9-17(10-8-16)22-15(3)4/h7-10,15H,5-6,11-14H2,1-4H3,(H,19,21). The number of carbonyl (C=O) groups is 1. The van der Waals surface area contributed by atoms with Crippen molar-refractivity contribution in [2.75, 3.05) is 25.0 Å². The third kappa shape index (κ3) is 7.46. The number of anilines is 1. The molecule has 0 radical (unpaired) electrons. The fourth-order valence-corrected chi connectivity index (χ4v) is 2.34. The van der Waals surface area contributed by atoms with Gasteiger partial charge in [-0.15, -0.1) is 0 Å². The first-order chi connectivity index (χ1) is 10.5. The Bertz CT molecular complexity index is 423. The molecule has 0 atom stereocenters. The zero-order valence-electron chi connectivity index (χ0n) is 14.4. The van der Waals surface area contributed by atoms with Gasteiger partial charge in [0.15, 0.2) is 0 Å². The lowest BCUT2D eigenvalue weighted by Crippen LogP contribution is -2.29. The van der Waals surface area contributed by atoms with Crippen LogP contribution in [0.3, 0.4) is 0 Å². The van der Waals surface area contributed by atoms with Crippen molar-refractivity contribution in [1.82, 2.24) is 4.90 Å². The van der Waals surface area contributed by atoms with Gasteiger partial charge in [-0.2, -0.15) is 0 Å². The van der Waals surface area contributed by atoms with Crippen LogP contribution in [0.1, 0.15) is 47.0 Å². The molecule has 0 aliphatic rings. The molecule has 1 N–H and O–H groups in total. The van der Waals surface area contributed by atoms with Gasteiger partial charge < -0.3 is 15.0 Å². The topological polar surface area (TPSA) is 41.6 Å². The second-order valence-corrected chi connectivity index (χ2v) is 5.83. The van der Waals surface area contributed by atoms with Crippen LogP contribution in [0.25, 0.3) is 0 Å². The highest BCUT2D eigenvalue weighted by Crippen LogP contribution is 2.17. The second-order valence-electron chi connectivity index (χ2n) is 5.83. The molecule has 0 saturated heterocycles. The Morgan fingerprint density at radius 1 is 1.09 bits per heavy atom. The maximum atomic E-state index is 12.0. The highest BCUT2D eigenvalue weighted by Gasteiger charge is 2.07. The fraction of sp³-hybridized carbons (Fsp3) is 0.611. The van der Waals surface area contributed by atoms with Crippen molar-refractivity contribution in [2.45, 2.75) is 53.1 Å². The molecule has 0 bridgehead atoms. The summed E-state index contributed by atoms with van der Waals surface area (Å²) in [6, 6.07) is 7.53. The molecular weight excluding hydrogens is 276 g/mol. The van der Waals surface area contributed by atoms with Gasteiger partial charge in [0.1, 0.15) is 5.75 Å². The summed E-state index contributed by atoms with van der Waals surface area (Å²) in [5.41, 5.74) is 0.818. The van der Waals surface area contributed by atoms with E-state index >= 15 is 0 Å². The molecule has 0 heterocycles. The molecule has 1 rings (SSSR count). The summed E-state index contributed by atoms with van der Waals surface area (Å²) >= 11 is 0. The predicted octanol–water partition coefficient (Wildman–Crippen LogP) is 3.92. The summed E-state index contributed by atoms with van der Waals surface area (Å²) in [4.78, 5) is 14.4. The van der Waals surface area contributed by atoms with Crippen molar-refractivity contribution < 1.29 is 9.53 Å². The number of carbonyl (C=O) groups excluding carboxylic acids is 1. The van der Waals surface area contributed by atoms with Crippen LogP contribution in [-0.4, -0.2) is 36.5 Å². The number of nitrogens with one attached hydrogen (secondary N) is 1. The SMILES string of the molecule is CCCN(CCC)CCC(=O)Nc1ccc(OC(C)C)cc1. The summed E-state index contributed by atoms with van der Waals surface area (Å²) in [5, 5.41) is 2.94. The van der Waals surface area contributed by atoms with Crippen LogP contribution < -0.4 is 10.1 Å². The molecule has 124 valence electrons. The number of rotatable bonds is 10. The molecule has 0 fully saturated rings. The first-order valence-electron chi connectivity index (χ1n) is 8.34. The minimum absolute atomic E-state index is 0.0646. The molecule has 0 unspecified atom stereocenters. The van der Waals surface area contributed by atoms with E-state index in [0.717, 1.165) is 43.9 Å². The van der Waals surface area contributed by atoms with Gasteiger partial charge >= 0.3 is 0 Å². The van der Waals surface area contributed by atoms with Gasteiger partial charge in [-0.1, -0.05) is 13.8 Å². The first kappa shape index (κ1) is 18.5. The molecule has 1 amide bonds. The van der Waals surface area contributed by atoms with Gasteiger partial charge in [-0.25, -0.2) is 0 Å². The predicted molar refractivity (Wildman–Crippen MR) is 92.5 cm³/mol. The van der Waals surface area contributed by atoms with Gasteiger partial charge in [0.2, 0.25) is 5.91 Å². The van der Waals surface area contributed by atoms with Crippen LogP contribution >= 0.6 is 0 Å². The number of nitrogens with zero attached hydrogens (tertiary/aromatic N) is 1. The molecule has 0 saturated carbocycles. The third-order valence-electron chi connectivity index (χ3n) is 3.24. The van der Waals surface area contributed by atoms with E-state index in [1.165, 1.54) is 0 Å². The lowest BCUT2D eigenvalue weighted by molar-refractivity contribution is -0.116. The minimum Gasteiger partial charge on any atom is -0.491 e. The smallest absolute Gasteiger partial charge is 0.225 e. The van der Waals surface area contributed by atoms with Gasteiger partial charge in [0, 0.05) is 18.7 Å². The molecule has 22 heavy (non-hydrogen) atoms. The molecule has 0 aromatic heterocycles. The summed E-state index contributed by atoms with van der Waals surface area (Å²) in [5.74, 6) is 0.889. The summed E-state index contributed by atoms with van der Waals surface area (Å²) < 4.78 is 5.59. The van der Waals surface area contributed by atoms with Crippen molar-refractivity contribution in [3.8, 4) is 5.75 Å². The fourth-order valence-electron chi connectivity index (χ4n) is 2.34. The van der Waals surface area contributed by atoms with Crippen molar-refractivity contribution in [3.63, 3.8) is 0 Å². The molecular formula is C18H30N2O2. The Balaban J connectivity index is 2.40. The van der Waals surface area contributed by atoms with E-state index in [1.807, 2.05) is 38.1 Å². The number of benzene rings is 1. The quantitative estimate of drug-likeness (QED) is 0.712. The molecule has 0 aliphatic heterocycles. The van der Waals surface area contributed by atoms with E-state index < -0.39 is 0 Å². The van der Waals surface area contributed by atoms with Crippen molar-refractivity contribution in [3.05, 3.63) is 24.3 Å². The highest BCUT2D eigenvalue weighted by molar-refractivity contribution is 5.90. The van der Waals surface area contributed by atoms with Crippen LogP contribution in [0.15, 0.2) is 24.3 Å². The average molecular weight is 306 g/mol. The Labute approximate surface area is 134 Å². The monoisotopic (exact) mass is 306 g/mol. The largest absolute Gasteiger partial charge is 0.491 e. The molecule has 1 aromatic carbocycles. The van der Waals surface area contributed by atoms with E-state index in [0.29, 0.717) is 6.42 Å². The number of hydrogen-bond acceptors (Lipinski definition) is 3. The second kappa shape index (κ2) is 10.2. The molecule has 0 aliphatic carbocycles. The van der Waals surface area contributed by atoms with Crippen LogP contribution in [0, 0.1) is 0 Å². The van der Waals surface area contributed by atoms with Gasteiger partial charge in [0.05, 0.1) is 6.10 Å². The van der Waals surface area contributed by atoms with Crippen LogP contribution in [0.2, 0.25) is 0 Å². The van der Waals surface area contributed by atoms with Crippen LogP contribution in [-0.2, 0) is 4.79 Å². The first-order valence-corrected chi connectivity index (χ1v) is 8.34. The number of amides is 1. The van der Waals surface area contributed by atoms with Crippen LogP contribution in [0.5, 0.6) is 5.75 Å². The lowest BCUT2D eigenvalue weighted by Gasteiger charge is -2.20. The van der Waals surface area contributed by atoms with Crippen molar-refractivity contribution >= 4 is 11.6 Å². The average Bonchev–Trinajstić information content (AvgIpc) is 2.47. The zero-order chi connectivity index (χ0) is 16.4. The lowest BCUT2D eigenvalue weighted by atomic mass is 10.2. The van der Waals surface area contributed by atoms with Gasteiger partial charge in [-0.3, -0.25) is 4.79 Å². The van der Waals surface area contributed by atoms with E-state index in [9.17, 15) is 4.79 Å². The maximum absolute atomic E-state index is 12.0. The van der Waals surface area contributed by atoms with Crippen LogP contribution in [0.4, 0.5) is 5.69 Å². The van der Waals surface area contributed by atoms with Crippen molar-refractivity contribution in [2.24, 2.45) is 0 Å². The van der Waals surface area contributed by atoms with Gasteiger partial charge in [0.25, 0.3) is 0 Å². The highest BCUT2D eigenvalue weighted by atomic mass is 16.5. The van der Waals surface area contributed by atoms with E-state index in [2.05, 4.69) is 24.1 Å². The molecule has 1 aromatic rings. The summed E-state index contributed by atoms with van der Waals surface area (Å²) in [7, 11) is 0. The Kier molecular flexibility index (Phi) is 8.60. The van der Waals surface area contributed by atoms with E-state index in [1.54, 1.807) is 0 Å². The third-order valence-corrected chi connectivity index (χ3v) is 3.24. The molecule has 4 heteroatoms. The number of hydrogen-bond donors (Lipinski definition) is 1. The molecule has 0 spiro atoms. The summed E-state index contributed by atoms with van der Waals surface area (Å²) in [6.45, 7) is 11.3. The van der Waals surface area contributed by atoms with Crippen molar-refractivity contribution in [1.29, 1.82) is 0 Å². The van der Waals surface area contributed by atoms with E-state index in [4.69, 9.17) is 4.74 Å². The van der Waals surface area contributed by atoms with Gasteiger partial charge in [-0.05, 0) is 64.0 Å². The normalized spacial score (nSPS) is 11.0. The zero-order valence-corrected chi connectivity index (χ0v) is 14.4.